The van der Waals surface area contributed by atoms with Crippen LogP contribution in [0.4, 0.5) is 0 Å². The molecule has 2 aliphatic rings. The quantitative estimate of drug-likeness (QED) is 0.0303. The lowest BCUT2D eigenvalue weighted by Crippen LogP contribution is -2.62. The Bertz CT molecular complexity index is 2350. The summed E-state index contributed by atoms with van der Waals surface area (Å²) >= 11 is 0. The SMILES string of the molecule is CC[C@H](C)[C@H](N)C(=O)N[C@H](C(=O)N[C@H](C(=O)N[C@@H](C)C(=O)NCC(=O)N1CCC[C@H]1C(=O)N[C@@H](CCC(N)=O)C(=O)N[C@@H](CC(C)C)C(=O)N[C@H](C(=O)N[C@H](C(=O)N1CCC[C@H]1C(=O)N[C@H](C(=O)O)C(C)C)C(C)C)C(C)C)[C@@H](C)O)[C@@H](C)O. The molecule has 476 valence electrons. The van der Waals surface area contributed by atoms with Gasteiger partial charge in [-0.3, -0.25) is 57.5 Å². The lowest BCUT2D eigenvalue weighted by molar-refractivity contribution is -0.146. The lowest BCUT2D eigenvalue weighted by Gasteiger charge is -2.33. The van der Waals surface area contributed by atoms with Gasteiger partial charge in [-0.25, -0.2) is 4.79 Å². The fourth-order valence-electron chi connectivity index (χ4n) is 9.53. The molecule has 0 aliphatic carbocycles. The number of carbonyl (C=O) groups excluding carboxylic acids is 12. The van der Waals surface area contributed by atoms with E-state index in [-0.39, 0.29) is 57.0 Å². The molecule has 12 amide bonds. The number of nitrogens with two attached hydrogens (primary N) is 2. The molecule has 2 rings (SSSR count). The van der Waals surface area contributed by atoms with Crippen LogP contribution in [-0.4, -0.2) is 200 Å². The second-order valence-corrected chi connectivity index (χ2v) is 23.5. The van der Waals surface area contributed by atoms with E-state index >= 15 is 0 Å². The van der Waals surface area contributed by atoms with Crippen LogP contribution in [0.2, 0.25) is 0 Å². The van der Waals surface area contributed by atoms with Crippen LogP contribution in [0.5, 0.6) is 0 Å². The average molecular weight is 1190 g/mol. The van der Waals surface area contributed by atoms with Crippen molar-refractivity contribution in [2.45, 2.75) is 220 Å². The van der Waals surface area contributed by atoms with Crippen LogP contribution in [0, 0.1) is 29.6 Å². The van der Waals surface area contributed by atoms with Gasteiger partial charge in [0.15, 0.2) is 0 Å². The van der Waals surface area contributed by atoms with Crippen LogP contribution in [0.3, 0.4) is 0 Å². The van der Waals surface area contributed by atoms with E-state index in [2.05, 4.69) is 47.9 Å². The molecule has 16 N–H and O–H groups in total. The van der Waals surface area contributed by atoms with E-state index in [1.165, 1.54) is 30.6 Å². The molecule has 2 heterocycles. The topological polar surface area (TPSA) is 449 Å². The van der Waals surface area contributed by atoms with Crippen LogP contribution in [0.1, 0.15) is 141 Å². The first kappa shape index (κ1) is 73.1. The molecule has 29 heteroatoms. The molecule has 0 aromatic carbocycles. The Balaban J connectivity index is 2.20. The van der Waals surface area contributed by atoms with Crippen LogP contribution in [-0.2, 0) is 62.3 Å². The Morgan fingerprint density at radius 1 is 0.524 bits per heavy atom. The highest BCUT2D eigenvalue weighted by Gasteiger charge is 2.43. The number of amides is 12. The number of hydrogen-bond donors (Lipinski definition) is 14. The molecule has 0 spiro atoms. The van der Waals surface area contributed by atoms with Gasteiger partial charge in [-0.05, 0) is 88.9 Å². The summed E-state index contributed by atoms with van der Waals surface area (Å²) in [4.78, 5) is 176. The molecule has 2 fully saturated rings. The fourth-order valence-corrected chi connectivity index (χ4v) is 9.53. The van der Waals surface area contributed by atoms with Gasteiger partial charge < -0.3 is 84.4 Å². The summed E-state index contributed by atoms with van der Waals surface area (Å²) in [6.07, 6.45) is -1.96. The Labute approximate surface area is 491 Å². The first-order chi connectivity index (χ1) is 39.1. The lowest BCUT2D eigenvalue weighted by atomic mass is 9.97. The summed E-state index contributed by atoms with van der Waals surface area (Å²) in [5.41, 5.74) is 11.4. The molecular formula is C55H95N13O16. The van der Waals surface area contributed by atoms with E-state index in [4.69, 9.17) is 11.5 Å². The van der Waals surface area contributed by atoms with Gasteiger partial charge in [0.25, 0.3) is 0 Å². The van der Waals surface area contributed by atoms with Crippen molar-refractivity contribution in [2.24, 2.45) is 41.1 Å². The molecule has 84 heavy (non-hydrogen) atoms. The second kappa shape index (κ2) is 34.1. The van der Waals surface area contributed by atoms with Crippen molar-refractivity contribution >= 4 is 76.9 Å². The molecule has 0 aromatic rings. The largest absolute Gasteiger partial charge is 0.480 e. The highest BCUT2D eigenvalue weighted by molar-refractivity contribution is 5.99. The molecule has 2 saturated heterocycles. The maximum atomic E-state index is 14.2. The Kier molecular flexibility index (Phi) is 29.6. The van der Waals surface area contributed by atoms with Crippen LogP contribution in [0.25, 0.3) is 0 Å². The van der Waals surface area contributed by atoms with Crippen molar-refractivity contribution in [3.63, 3.8) is 0 Å². The van der Waals surface area contributed by atoms with Crippen LogP contribution in [0.15, 0.2) is 0 Å². The highest BCUT2D eigenvalue weighted by atomic mass is 16.4. The number of likely N-dealkylation sites (tertiary alicyclic amines) is 2. The van der Waals surface area contributed by atoms with E-state index < -0.39 is 180 Å². The maximum absolute atomic E-state index is 14.2. The maximum Gasteiger partial charge on any atom is 0.326 e. The van der Waals surface area contributed by atoms with Gasteiger partial charge in [0.2, 0.25) is 70.9 Å². The van der Waals surface area contributed by atoms with Crippen molar-refractivity contribution in [3.8, 4) is 0 Å². The first-order valence-electron chi connectivity index (χ1n) is 29.0. The summed E-state index contributed by atoms with van der Waals surface area (Å²) in [6, 6.07) is -14.2. The number of carboxylic acid groups (broad SMARTS) is 1. The number of rotatable bonds is 33. The minimum Gasteiger partial charge on any atom is -0.480 e. The Morgan fingerprint density at radius 3 is 1.46 bits per heavy atom. The molecule has 0 aromatic heterocycles. The average Bonchev–Trinajstić information content (AvgIpc) is 4.12. The number of nitrogens with zero attached hydrogens (tertiary/aromatic N) is 2. The van der Waals surface area contributed by atoms with Crippen LogP contribution >= 0.6 is 0 Å². The summed E-state index contributed by atoms with van der Waals surface area (Å²) < 4.78 is 0. The third kappa shape index (κ3) is 21.9. The molecule has 0 unspecified atom stereocenters. The van der Waals surface area contributed by atoms with Gasteiger partial charge >= 0.3 is 5.97 Å². The monoisotopic (exact) mass is 1190 g/mol. The van der Waals surface area contributed by atoms with Crippen molar-refractivity contribution in [2.75, 3.05) is 19.6 Å². The number of aliphatic hydroxyl groups is 2. The fraction of sp³-hybridized carbons (Fsp3) is 0.764. The Hall–Kier alpha value is -7.01. The standard InChI is InChI=1S/C55H95N13O16/c1-14-29(10)39(57)50(78)65-44(32(13)70)53(81)66-43(31(12)69)52(80)59-30(11)45(73)58-24-38(72)67-21-15-17-35(67)48(76)60-33(19-20-37(56)71)46(74)61-34(23-25(2)3)47(75)62-40(26(4)5)51(79)63-41(27(6)7)54(82)68-22-16-18-36(68)49(77)64-42(28(8)9)55(83)84/h25-36,39-44,69-70H,14-24,57H2,1-13H3,(H2,56,71)(H,58,73)(H,59,80)(H,60,76)(H,61,74)(H,62,75)(H,63,79)(H,64,77)(H,65,78)(H,66,81)(H,83,84)/t29-,30-,31+,32+,33-,34-,35-,36-,39-,40-,41-,42-,43-,44-/m0/s1. The van der Waals surface area contributed by atoms with Crippen molar-refractivity contribution in [1.29, 1.82) is 0 Å². The number of carboxylic acids is 1. The summed E-state index contributed by atoms with van der Waals surface area (Å²) in [5, 5.41) is 52.9. The number of carbonyl (C=O) groups is 13. The van der Waals surface area contributed by atoms with Gasteiger partial charge in [-0.15, -0.1) is 0 Å². The predicted molar refractivity (Wildman–Crippen MR) is 304 cm³/mol. The van der Waals surface area contributed by atoms with E-state index in [1.807, 2.05) is 6.92 Å². The first-order valence-corrected chi connectivity index (χ1v) is 29.0. The minimum absolute atomic E-state index is 0.0299. The summed E-state index contributed by atoms with van der Waals surface area (Å²) in [6.45, 7) is 20.2. The molecule has 2 aliphatic heterocycles. The number of primary amides is 1. The smallest absolute Gasteiger partial charge is 0.326 e. The highest BCUT2D eigenvalue weighted by Crippen LogP contribution is 2.23. The van der Waals surface area contributed by atoms with Gasteiger partial charge in [0.05, 0.1) is 24.8 Å². The number of aliphatic hydroxyl groups excluding tert-OH is 2. The molecular weight excluding hydrogens is 1100 g/mol. The number of hydrogen-bond acceptors (Lipinski definition) is 16. The summed E-state index contributed by atoms with van der Waals surface area (Å²) in [5.74, 6) is -12.9. The summed E-state index contributed by atoms with van der Waals surface area (Å²) in [7, 11) is 0. The minimum atomic E-state index is -1.68. The number of nitrogens with one attached hydrogen (secondary N) is 9. The van der Waals surface area contributed by atoms with Gasteiger partial charge in [-0.2, -0.15) is 0 Å². The van der Waals surface area contributed by atoms with Gasteiger partial charge in [0.1, 0.15) is 60.4 Å². The van der Waals surface area contributed by atoms with E-state index in [0.717, 1.165) is 0 Å². The molecule has 0 radical (unpaired) electrons. The van der Waals surface area contributed by atoms with Gasteiger partial charge in [0, 0.05) is 19.5 Å². The zero-order chi connectivity index (χ0) is 64.2. The van der Waals surface area contributed by atoms with Gasteiger partial charge in [-0.1, -0.05) is 75.7 Å². The molecule has 0 saturated carbocycles. The van der Waals surface area contributed by atoms with Crippen molar-refractivity contribution in [1.82, 2.24) is 57.7 Å². The van der Waals surface area contributed by atoms with Crippen molar-refractivity contribution in [3.05, 3.63) is 0 Å². The molecule has 0 bridgehead atoms. The third-order valence-electron chi connectivity index (χ3n) is 14.9. The normalized spacial score (nSPS) is 19.4. The second-order valence-electron chi connectivity index (χ2n) is 23.5. The molecule has 29 nitrogen and oxygen atoms in total. The predicted octanol–water partition coefficient (Wildman–Crippen LogP) is -3.52. The Morgan fingerprint density at radius 2 is 0.976 bits per heavy atom. The third-order valence-corrected chi connectivity index (χ3v) is 14.9. The number of aliphatic carboxylic acids is 1. The molecule has 14 atom stereocenters. The van der Waals surface area contributed by atoms with Crippen molar-refractivity contribution < 1.29 is 77.6 Å². The van der Waals surface area contributed by atoms with E-state index in [9.17, 15) is 77.6 Å². The van der Waals surface area contributed by atoms with E-state index in [1.54, 1.807) is 62.3 Å². The van der Waals surface area contributed by atoms with E-state index in [0.29, 0.717) is 19.3 Å². The zero-order valence-corrected chi connectivity index (χ0v) is 50.9. The zero-order valence-electron chi connectivity index (χ0n) is 50.9. The van der Waals surface area contributed by atoms with Crippen LogP contribution < -0.4 is 59.3 Å².